The van der Waals surface area contributed by atoms with Gasteiger partial charge in [0.1, 0.15) is 34.7 Å². The Bertz CT molecular complexity index is 1190. The van der Waals surface area contributed by atoms with Gasteiger partial charge in [0.05, 0.1) is 6.20 Å². The molecule has 2 heterocycles. The van der Waals surface area contributed by atoms with Crippen molar-refractivity contribution in [2.45, 2.75) is 49.0 Å². The van der Waals surface area contributed by atoms with Crippen molar-refractivity contribution >= 4 is 15.8 Å². The fourth-order valence-corrected chi connectivity index (χ4v) is 4.89. The van der Waals surface area contributed by atoms with Gasteiger partial charge in [-0.1, -0.05) is 0 Å². The molecule has 1 aliphatic rings. The molecule has 8 nitrogen and oxygen atoms in total. The zero-order valence-corrected chi connectivity index (χ0v) is 17.7. The van der Waals surface area contributed by atoms with E-state index in [4.69, 9.17) is 4.74 Å². The van der Waals surface area contributed by atoms with Crippen LogP contribution in [-0.4, -0.2) is 40.6 Å². The van der Waals surface area contributed by atoms with Gasteiger partial charge in [0, 0.05) is 37.2 Å². The Morgan fingerprint density at radius 1 is 1.31 bits per heavy atom. The quantitative estimate of drug-likeness (QED) is 0.571. The second-order valence-electron chi connectivity index (χ2n) is 7.64. The van der Waals surface area contributed by atoms with Crippen LogP contribution in [0.1, 0.15) is 36.3 Å². The van der Waals surface area contributed by atoms with Crippen LogP contribution in [0.2, 0.25) is 0 Å². The van der Waals surface area contributed by atoms with E-state index in [-0.39, 0.29) is 35.9 Å². The molecule has 0 bridgehead atoms. The van der Waals surface area contributed by atoms with Crippen molar-refractivity contribution in [3.63, 3.8) is 0 Å². The van der Waals surface area contributed by atoms with Crippen LogP contribution >= 0.6 is 0 Å². The van der Waals surface area contributed by atoms with E-state index in [1.807, 2.05) is 0 Å². The van der Waals surface area contributed by atoms with Gasteiger partial charge in [-0.05, 0) is 36.6 Å². The Labute approximate surface area is 182 Å². The molecule has 32 heavy (non-hydrogen) atoms. The lowest BCUT2D eigenvalue weighted by Gasteiger charge is -2.36. The molecule has 1 fully saturated rings. The van der Waals surface area contributed by atoms with Crippen LogP contribution in [0.15, 0.2) is 48.0 Å². The second kappa shape index (κ2) is 8.41. The number of H-pyrrole nitrogens is 1. The van der Waals surface area contributed by atoms with Gasteiger partial charge in [0.25, 0.3) is 15.9 Å². The zero-order chi connectivity index (χ0) is 22.9. The predicted octanol–water partition coefficient (Wildman–Crippen LogP) is 3.80. The van der Waals surface area contributed by atoms with Crippen LogP contribution in [0.25, 0.3) is 0 Å². The van der Waals surface area contributed by atoms with Gasteiger partial charge in [0.15, 0.2) is 0 Å². The number of benzene rings is 1. The maximum Gasteiger partial charge on any atom is 0.265 e. The fourth-order valence-electron chi connectivity index (χ4n) is 3.74. The molecule has 170 valence electrons. The highest BCUT2D eigenvalue weighted by atomic mass is 32.2. The SMILES string of the molecule is Cc1cc(S(=O)(=O)Nc2ccncn2)c(F)cc1O[C@H]1CC(F)(F)CCC1c1cn[nH]c1. The first-order valence-corrected chi connectivity index (χ1v) is 11.2. The number of aromatic nitrogens is 4. The molecular formula is C20H20F3N5O3S. The fraction of sp³-hybridized carbons (Fsp3) is 0.350. The molecule has 1 saturated carbocycles. The summed E-state index contributed by atoms with van der Waals surface area (Å²) in [4.78, 5) is 6.83. The van der Waals surface area contributed by atoms with E-state index in [9.17, 15) is 21.6 Å². The first-order valence-electron chi connectivity index (χ1n) is 9.77. The summed E-state index contributed by atoms with van der Waals surface area (Å²) >= 11 is 0. The number of halogens is 3. The number of nitrogens with one attached hydrogen (secondary N) is 2. The largest absolute Gasteiger partial charge is 0.489 e. The summed E-state index contributed by atoms with van der Waals surface area (Å²) in [6.07, 6.45) is 4.05. The normalized spacial score (nSPS) is 20.6. The number of rotatable bonds is 6. The van der Waals surface area contributed by atoms with E-state index in [1.54, 1.807) is 12.4 Å². The first kappa shape index (κ1) is 22.1. The van der Waals surface area contributed by atoms with E-state index in [1.165, 1.54) is 19.2 Å². The van der Waals surface area contributed by atoms with Crippen LogP contribution in [-0.2, 0) is 10.0 Å². The number of hydrogen-bond acceptors (Lipinski definition) is 6. The second-order valence-corrected chi connectivity index (χ2v) is 9.29. The summed E-state index contributed by atoms with van der Waals surface area (Å²) in [5.41, 5.74) is 1.01. The smallest absolute Gasteiger partial charge is 0.265 e. The number of aryl methyl sites for hydroxylation is 1. The molecule has 12 heteroatoms. The highest BCUT2D eigenvalue weighted by Crippen LogP contribution is 2.43. The third-order valence-electron chi connectivity index (χ3n) is 5.34. The zero-order valence-electron chi connectivity index (χ0n) is 16.9. The topological polar surface area (TPSA) is 110 Å². The lowest BCUT2D eigenvalue weighted by molar-refractivity contribution is -0.0774. The van der Waals surface area contributed by atoms with Crippen molar-refractivity contribution in [2.24, 2.45) is 0 Å². The molecule has 1 aliphatic carbocycles. The minimum Gasteiger partial charge on any atom is -0.489 e. The van der Waals surface area contributed by atoms with E-state index < -0.39 is 39.2 Å². The number of alkyl halides is 2. The third-order valence-corrected chi connectivity index (χ3v) is 6.71. The first-order chi connectivity index (χ1) is 15.1. The van der Waals surface area contributed by atoms with E-state index in [2.05, 4.69) is 24.9 Å². The number of nitrogens with zero attached hydrogens (tertiary/aromatic N) is 3. The molecule has 4 rings (SSSR count). The summed E-state index contributed by atoms with van der Waals surface area (Å²) < 4.78 is 76.2. The molecule has 1 aromatic carbocycles. The maximum absolute atomic E-state index is 14.8. The molecule has 2 N–H and O–H groups in total. The minimum atomic E-state index is -4.28. The molecule has 2 aromatic heterocycles. The summed E-state index contributed by atoms with van der Waals surface area (Å²) in [6.45, 7) is 1.52. The van der Waals surface area contributed by atoms with Gasteiger partial charge in [-0.3, -0.25) is 9.82 Å². The van der Waals surface area contributed by atoms with Gasteiger partial charge in [-0.15, -0.1) is 0 Å². The Hall–Kier alpha value is -3.15. The highest BCUT2D eigenvalue weighted by molar-refractivity contribution is 7.92. The molecule has 3 aromatic rings. The van der Waals surface area contributed by atoms with Crippen LogP contribution in [0.3, 0.4) is 0 Å². The number of anilines is 1. The number of hydrogen-bond donors (Lipinski definition) is 2. The number of aromatic amines is 1. The van der Waals surface area contributed by atoms with Crippen LogP contribution in [0.5, 0.6) is 5.75 Å². The Morgan fingerprint density at radius 2 is 2.12 bits per heavy atom. The Kier molecular flexibility index (Phi) is 5.80. The maximum atomic E-state index is 14.8. The molecule has 0 radical (unpaired) electrons. The summed E-state index contributed by atoms with van der Waals surface area (Å²) in [5, 5.41) is 6.53. The molecule has 0 amide bonds. The Balaban J connectivity index is 1.61. The van der Waals surface area contributed by atoms with Crippen molar-refractivity contribution in [2.75, 3.05) is 4.72 Å². The van der Waals surface area contributed by atoms with Gasteiger partial charge in [-0.25, -0.2) is 31.6 Å². The van der Waals surface area contributed by atoms with Crippen LogP contribution < -0.4 is 9.46 Å². The predicted molar refractivity (Wildman–Crippen MR) is 109 cm³/mol. The van der Waals surface area contributed by atoms with Gasteiger partial charge >= 0.3 is 0 Å². The van der Waals surface area contributed by atoms with Crippen molar-refractivity contribution in [3.8, 4) is 5.75 Å². The highest BCUT2D eigenvalue weighted by Gasteiger charge is 2.43. The standard InChI is InChI=1S/C20H20F3N5O3S/c1-12-6-18(32(29,30)28-19-3-5-24-11-25-19)15(21)7-16(12)31-17-8-20(22,23)4-2-14(17)13-9-26-27-10-13/h3,5-7,9-11,14,17H,2,4,8H2,1H3,(H,26,27)(H,24,25,28)/t14?,17-/m0/s1. The van der Waals surface area contributed by atoms with Gasteiger partial charge < -0.3 is 4.74 Å². The molecule has 0 saturated heterocycles. The third kappa shape index (κ3) is 4.69. The van der Waals surface area contributed by atoms with E-state index >= 15 is 0 Å². The van der Waals surface area contributed by atoms with E-state index in [0.29, 0.717) is 0 Å². The summed E-state index contributed by atoms with van der Waals surface area (Å²) in [6, 6.07) is 3.32. The number of sulfonamides is 1. The van der Waals surface area contributed by atoms with Crippen molar-refractivity contribution in [1.29, 1.82) is 0 Å². The van der Waals surface area contributed by atoms with Gasteiger partial charge in [0.2, 0.25) is 0 Å². The van der Waals surface area contributed by atoms with Crippen LogP contribution in [0.4, 0.5) is 19.0 Å². The molecular weight excluding hydrogens is 447 g/mol. The lowest BCUT2D eigenvalue weighted by Crippen LogP contribution is -2.38. The average Bonchev–Trinajstić information content (AvgIpc) is 3.25. The lowest BCUT2D eigenvalue weighted by atomic mass is 9.81. The molecule has 1 unspecified atom stereocenters. The molecule has 2 atom stereocenters. The van der Waals surface area contributed by atoms with Crippen molar-refractivity contribution in [3.05, 3.63) is 60.1 Å². The Morgan fingerprint density at radius 3 is 2.81 bits per heavy atom. The van der Waals surface area contributed by atoms with Crippen LogP contribution in [0, 0.1) is 12.7 Å². The average molecular weight is 467 g/mol. The molecule has 0 spiro atoms. The summed E-state index contributed by atoms with van der Waals surface area (Å²) in [5.74, 6) is -4.38. The monoisotopic (exact) mass is 467 g/mol. The van der Waals surface area contributed by atoms with Crippen molar-refractivity contribution in [1.82, 2.24) is 20.2 Å². The number of ether oxygens (including phenoxy) is 1. The molecule has 0 aliphatic heterocycles. The van der Waals surface area contributed by atoms with E-state index in [0.717, 1.165) is 24.0 Å². The van der Waals surface area contributed by atoms with Gasteiger partial charge in [-0.2, -0.15) is 5.10 Å². The van der Waals surface area contributed by atoms with Crippen molar-refractivity contribution < 1.29 is 26.3 Å². The summed E-state index contributed by atoms with van der Waals surface area (Å²) in [7, 11) is -4.28. The minimum absolute atomic E-state index is 0.000295.